The first-order valence-electron chi connectivity index (χ1n) is 1.54. The van der Waals surface area contributed by atoms with Gasteiger partial charge in [-0.25, -0.2) is 0 Å². The third-order valence-electron chi connectivity index (χ3n) is 0.231. The van der Waals surface area contributed by atoms with Gasteiger partial charge in [0.1, 0.15) is 0 Å². The Morgan fingerprint density at radius 2 is 2.14 bits per heavy atom. The Kier molecular flexibility index (Phi) is 5.56. The summed E-state index contributed by atoms with van der Waals surface area (Å²) in [5.74, 6) is 0. The molecular formula is CH7N3O3. The lowest BCUT2D eigenvalue weighted by atomic mass is 11.6. The fraction of sp³-hybridized carbons (Fsp3) is 1.00. The molecule has 0 atom stereocenters. The van der Waals surface area contributed by atoms with Gasteiger partial charge in [0, 0.05) is 7.05 Å². The van der Waals surface area contributed by atoms with Crippen LogP contribution in [0.5, 0.6) is 0 Å². The molecule has 6 nitrogen and oxygen atoms in total. The minimum atomic E-state index is 1.33. The van der Waals surface area contributed by atoms with Gasteiger partial charge in [-0.3, -0.25) is 5.21 Å². The minimum absolute atomic E-state index is 1.33. The fourth-order valence-corrected chi connectivity index (χ4v) is 0.0811. The van der Waals surface area contributed by atoms with Gasteiger partial charge in [0.2, 0.25) is 0 Å². The summed E-state index contributed by atoms with van der Waals surface area (Å²) in [5.41, 5.74) is 5.35. The molecule has 0 saturated carbocycles. The first-order valence-corrected chi connectivity index (χ1v) is 1.54. The van der Waals surface area contributed by atoms with Crippen molar-refractivity contribution in [1.82, 2.24) is 16.8 Å². The van der Waals surface area contributed by atoms with Crippen molar-refractivity contribution >= 4 is 0 Å². The van der Waals surface area contributed by atoms with Crippen molar-refractivity contribution in [2.24, 2.45) is 0 Å². The van der Waals surface area contributed by atoms with Gasteiger partial charge in [0.05, 0.1) is 0 Å². The van der Waals surface area contributed by atoms with Crippen LogP contribution in [-0.2, 0) is 9.88 Å². The van der Waals surface area contributed by atoms with Gasteiger partial charge < -0.3 is 0 Å². The molecule has 44 valence electrons. The predicted molar refractivity (Wildman–Crippen MR) is 19.3 cm³/mol. The van der Waals surface area contributed by atoms with E-state index in [0.717, 1.165) is 0 Å². The van der Waals surface area contributed by atoms with Gasteiger partial charge in [-0.2, -0.15) is 15.4 Å². The van der Waals surface area contributed by atoms with E-state index in [-0.39, 0.29) is 0 Å². The van der Waals surface area contributed by atoms with Gasteiger partial charge in [0.15, 0.2) is 0 Å². The molecule has 6 heteroatoms. The summed E-state index contributed by atoms with van der Waals surface area (Å²) < 4.78 is 0. The monoisotopic (exact) mass is 109 g/mol. The van der Waals surface area contributed by atoms with E-state index in [9.17, 15) is 0 Å². The SMILES string of the molecule is CNONONO. The van der Waals surface area contributed by atoms with E-state index in [1.165, 1.54) is 12.7 Å². The molecule has 0 saturated heterocycles. The molecule has 0 radical (unpaired) electrons. The molecule has 0 amide bonds. The lowest BCUT2D eigenvalue weighted by molar-refractivity contribution is -0.289. The standard InChI is InChI=1S/CH7N3O3/c1-2-6-4-7-3-5/h2-5H,1H3. The maximum absolute atomic E-state index is 7.65. The normalized spacial score (nSPS) is 9.43. The zero-order valence-corrected chi connectivity index (χ0v) is 3.76. The summed E-state index contributed by atoms with van der Waals surface area (Å²) in [6.07, 6.45) is 0. The zero-order valence-electron chi connectivity index (χ0n) is 3.76. The van der Waals surface area contributed by atoms with Crippen molar-refractivity contribution in [3.8, 4) is 0 Å². The summed E-state index contributed by atoms with van der Waals surface area (Å²) in [6, 6.07) is 0. The summed E-state index contributed by atoms with van der Waals surface area (Å²) in [4.78, 5) is 7.97. The van der Waals surface area contributed by atoms with Crippen LogP contribution in [0.25, 0.3) is 0 Å². The van der Waals surface area contributed by atoms with Crippen LogP contribution in [0.2, 0.25) is 0 Å². The summed E-state index contributed by atoms with van der Waals surface area (Å²) in [6.45, 7) is 0. The highest BCUT2D eigenvalue weighted by atomic mass is 17.1. The van der Waals surface area contributed by atoms with E-state index in [1.54, 1.807) is 0 Å². The van der Waals surface area contributed by atoms with Gasteiger partial charge in [-0.05, 0) is 5.64 Å². The second-order valence-corrected chi connectivity index (χ2v) is 0.583. The van der Waals surface area contributed by atoms with Gasteiger partial charge in [-0.15, -0.1) is 0 Å². The van der Waals surface area contributed by atoms with E-state index in [4.69, 9.17) is 5.21 Å². The fourth-order valence-electron chi connectivity index (χ4n) is 0.0811. The Morgan fingerprint density at radius 3 is 2.57 bits per heavy atom. The molecule has 0 aromatic rings. The number of nitrogens with one attached hydrogen (secondary N) is 3. The third-order valence-corrected chi connectivity index (χ3v) is 0.231. The second-order valence-electron chi connectivity index (χ2n) is 0.583. The van der Waals surface area contributed by atoms with Crippen LogP contribution < -0.4 is 16.8 Å². The largest absolute Gasteiger partial charge is 0.291 e. The molecule has 0 aromatic carbocycles. The lowest BCUT2D eigenvalue weighted by Crippen LogP contribution is -2.28. The lowest BCUT2D eigenvalue weighted by Gasteiger charge is -1.97. The van der Waals surface area contributed by atoms with Crippen molar-refractivity contribution in [2.75, 3.05) is 7.05 Å². The third kappa shape index (κ3) is 5.76. The average molecular weight is 109 g/mol. The van der Waals surface area contributed by atoms with Crippen molar-refractivity contribution in [2.45, 2.75) is 0 Å². The summed E-state index contributed by atoms with van der Waals surface area (Å²) >= 11 is 0. The first kappa shape index (κ1) is 6.76. The Bertz CT molecular complexity index is 29.4. The molecule has 0 aromatic heterocycles. The highest BCUT2D eigenvalue weighted by Crippen LogP contribution is 1.48. The average Bonchev–Trinajstić information content (AvgIpc) is 1.69. The predicted octanol–water partition coefficient (Wildman–Crippen LogP) is -1.53. The Balaban J connectivity index is 2.45. The molecule has 0 aliphatic heterocycles. The van der Waals surface area contributed by atoms with Crippen LogP contribution >= 0.6 is 0 Å². The van der Waals surface area contributed by atoms with Gasteiger partial charge in [-0.1, -0.05) is 5.64 Å². The van der Waals surface area contributed by atoms with Crippen molar-refractivity contribution in [3.05, 3.63) is 0 Å². The molecule has 7 heavy (non-hydrogen) atoms. The molecule has 0 aliphatic carbocycles. The number of rotatable bonds is 4. The quantitative estimate of drug-likeness (QED) is 0.259. The van der Waals surface area contributed by atoms with E-state index < -0.39 is 0 Å². The molecular weight excluding hydrogens is 102 g/mol. The molecule has 0 spiro atoms. The van der Waals surface area contributed by atoms with Gasteiger partial charge in [0.25, 0.3) is 0 Å². The molecule has 0 heterocycles. The topological polar surface area (TPSA) is 74.8 Å². The summed E-state index contributed by atoms with van der Waals surface area (Å²) in [7, 11) is 1.52. The van der Waals surface area contributed by atoms with E-state index in [2.05, 4.69) is 15.4 Å². The number of hydrogen-bond donors (Lipinski definition) is 4. The molecule has 4 N–H and O–H groups in total. The van der Waals surface area contributed by atoms with Crippen molar-refractivity contribution in [3.63, 3.8) is 0 Å². The highest BCUT2D eigenvalue weighted by Gasteiger charge is 1.73. The van der Waals surface area contributed by atoms with Crippen LogP contribution in [0.3, 0.4) is 0 Å². The van der Waals surface area contributed by atoms with Crippen LogP contribution in [-0.4, -0.2) is 12.3 Å². The Labute approximate surface area is 40.2 Å². The molecule has 0 aliphatic rings. The molecule has 0 bridgehead atoms. The molecule has 0 fully saturated rings. The van der Waals surface area contributed by atoms with Crippen molar-refractivity contribution < 1.29 is 15.1 Å². The van der Waals surface area contributed by atoms with Crippen LogP contribution in [0.4, 0.5) is 0 Å². The zero-order chi connectivity index (χ0) is 5.54. The second kappa shape index (κ2) is 5.76. The van der Waals surface area contributed by atoms with E-state index >= 15 is 0 Å². The van der Waals surface area contributed by atoms with Crippen LogP contribution in [0.1, 0.15) is 0 Å². The maximum Gasteiger partial charge on any atom is 0.0115 e. The Morgan fingerprint density at radius 1 is 1.43 bits per heavy atom. The number of hydroxylamine groups is 1. The van der Waals surface area contributed by atoms with Crippen LogP contribution in [0, 0.1) is 0 Å². The number of hydrogen-bond acceptors (Lipinski definition) is 6. The highest BCUT2D eigenvalue weighted by molar-refractivity contribution is 3.76. The summed E-state index contributed by atoms with van der Waals surface area (Å²) in [5, 5.41) is 7.65. The molecule has 0 unspecified atom stereocenters. The van der Waals surface area contributed by atoms with E-state index in [0.29, 0.717) is 0 Å². The van der Waals surface area contributed by atoms with Crippen LogP contribution in [0.15, 0.2) is 0 Å². The van der Waals surface area contributed by atoms with Gasteiger partial charge >= 0.3 is 0 Å². The van der Waals surface area contributed by atoms with Crippen molar-refractivity contribution in [1.29, 1.82) is 0 Å². The van der Waals surface area contributed by atoms with E-state index in [1.807, 2.05) is 5.64 Å². The smallest absolute Gasteiger partial charge is 0.0115 e. The maximum atomic E-state index is 7.65. The first-order chi connectivity index (χ1) is 3.41. The Hall–Kier alpha value is -0.240. The minimum Gasteiger partial charge on any atom is -0.291 e. The molecule has 0 rings (SSSR count).